The number of likely N-dealkylation sites (tertiary alicyclic amines) is 2. The molecular formula is C21H34N4O. The lowest BCUT2D eigenvalue weighted by Crippen LogP contribution is -2.40. The highest BCUT2D eigenvalue weighted by Gasteiger charge is 2.22. The van der Waals surface area contributed by atoms with Gasteiger partial charge in [0.15, 0.2) is 5.96 Å². The summed E-state index contributed by atoms with van der Waals surface area (Å²) in [7, 11) is 0. The molecule has 0 aromatic heterocycles. The van der Waals surface area contributed by atoms with Crippen LogP contribution in [0.5, 0.6) is 0 Å². The lowest BCUT2D eigenvalue weighted by molar-refractivity contribution is 0.188. The Kier molecular flexibility index (Phi) is 7.32. The number of nitrogens with zero attached hydrogens (tertiary/aromatic N) is 3. The first-order valence-electron chi connectivity index (χ1n) is 10.3. The number of β-amino-alcohol motifs (C(OH)–C–C–N with tert-alkyl or cyclic N) is 1. The molecular weight excluding hydrogens is 324 g/mol. The van der Waals surface area contributed by atoms with E-state index in [1.807, 2.05) is 0 Å². The predicted octanol–water partition coefficient (Wildman–Crippen LogP) is 2.59. The standard InChI is InChI=1S/C21H34N4O/c1-2-22-21(25-14-11-20(26)17-25)23-15-18-9-5-6-10-19(18)16-24-12-7-3-4-8-13-24/h5-6,9-10,20,26H,2-4,7-8,11-17H2,1H3,(H,22,23)/t20-/m1/s1. The number of benzene rings is 1. The SMILES string of the molecule is CCNC(=NCc1ccccc1CN1CCCCCC1)N1CC[C@@H](O)C1. The van der Waals surface area contributed by atoms with Crippen molar-refractivity contribution in [2.24, 2.45) is 4.99 Å². The molecule has 0 amide bonds. The Morgan fingerprint density at radius 2 is 1.85 bits per heavy atom. The minimum absolute atomic E-state index is 0.228. The summed E-state index contributed by atoms with van der Waals surface area (Å²) in [6.45, 7) is 8.65. The molecule has 26 heavy (non-hydrogen) atoms. The molecule has 3 rings (SSSR count). The fourth-order valence-electron chi connectivity index (χ4n) is 3.92. The molecule has 2 N–H and O–H groups in total. The number of aliphatic hydroxyl groups excluding tert-OH is 1. The van der Waals surface area contributed by atoms with Gasteiger partial charge in [-0.15, -0.1) is 0 Å². The summed E-state index contributed by atoms with van der Waals surface area (Å²) in [5.41, 5.74) is 2.71. The Morgan fingerprint density at radius 3 is 2.50 bits per heavy atom. The zero-order chi connectivity index (χ0) is 18.2. The Bertz CT molecular complexity index is 581. The van der Waals surface area contributed by atoms with Crippen LogP contribution in [0.15, 0.2) is 29.3 Å². The van der Waals surface area contributed by atoms with Gasteiger partial charge in [-0.25, -0.2) is 4.99 Å². The summed E-state index contributed by atoms with van der Waals surface area (Å²) in [6, 6.07) is 8.72. The van der Waals surface area contributed by atoms with E-state index in [4.69, 9.17) is 4.99 Å². The Hall–Kier alpha value is -1.59. The minimum Gasteiger partial charge on any atom is -0.391 e. The van der Waals surface area contributed by atoms with Crippen LogP contribution >= 0.6 is 0 Å². The lowest BCUT2D eigenvalue weighted by atomic mass is 10.1. The van der Waals surface area contributed by atoms with Crippen LogP contribution in [0, 0.1) is 0 Å². The molecule has 1 aromatic carbocycles. The van der Waals surface area contributed by atoms with E-state index in [0.29, 0.717) is 13.1 Å². The molecule has 144 valence electrons. The van der Waals surface area contributed by atoms with Crippen LogP contribution in [0.1, 0.15) is 50.2 Å². The molecule has 2 heterocycles. The third kappa shape index (κ3) is 5.45. The van der Waals surface area contributed by atoms with Gasteiger partial charge in [0, 0.05) is 26.2 Å². The van der Waals surface area contributed by atoms with Gasteiger partial charge in [0.05, 0.1) is 12.6 Å². The summed E-state index contributed by atoms with van der Waals surface area (Å²) >= 11 is 0. The monoisotopic (exact) mass is 358 g/mol. The molecule has 0 radical (unpaired) electrons. The molecule has 0 bridgehead atoms. The Morgan fingerprint density at radius 1 is 1.12 bits per heavy atom. The Labute approximate surface area is 158 Å². The van der Waals surface area contributed by atoms with E-state index in [0.717, 1.165) is 32.0 Å². The van der Waals surface area contributed by atoms with Crippen LogP contribution in [0.3, 0.4) is 0 Å². The van der Waals surface area contributed by atoms with Crippen LogP contribution in [-0.4, -0.2) is 59.7 Å². The summed E-state index contributed by atoms with van der Waals surface area (Å²) in [4.78, 5) is 9.64. The average molecular weight is 359 g/mol. The van der Waals surface area contributed by atoms with E-state index in [9.17, 15) is 5.11 Å². The second-order valence-electron chi connectivity index (χ2n) is 7.52. The highest BCUT2D eigenvalue weighted by Crippen LogP contribution is 2.17. The van der Waals surface area contributed by atoms with Crippen molar-refractivity contribution in [3.8, 4) is 0 Å². The van der Waals surface area contributed by atoms with Crippen LogP contribution in [-0.2, 0) is 13.1 Å². The third-order valence-electron chi connectivity index (χ3n) is 5.41. The van der Waals surface area contributed by atoms with Crippen LogP contribution in [0.2, 0.25) is 0 Å². The number of aliphatic imine (C=N–C) groups is 1. The normalized spacial score (nSPS) is 22.5. The highest BCUT2D eigenvalue weighted by atomic mass is 16.3. The molecule has 5 nitrogen and oxygen atoms in total. The van der Waals surface area contributed by atoms with Crippen molar-refractivity contribution in [2.45, 2.75) is 58.2 Å². The smallest absolute Gasteiger partial charge is 0.194 e. The topological polar surface area (TPSA) is 51.1 Å². The number of rotatable bonds is 5. The van der Waals surface area contributed by atoms with Gasteiger partial charge in [-0.2, -0.15) is 0 Å². The van der Waals surface area contributed by atoms with Crippen LogP contribution in [0.25, 0.3) is 0 Å². The van der Waals surface area contributed by atoms with Crippen molar-refractivity contribution < 1.29 is 5.11 Å². The molecule has 5 heteroatoms. The first-order chi connectivity index (χ1) is 12.8. The minimum atomic E-state index is -0.228. The quantitative estimate of drug-likeness (QED) is 0.627. The summed E-state index contributed by atoms with van der Waals surface area (Å²) in [6.07, 6.45) is 5.99. The van der Waals surface area contributed by atoms with E-state index >= 15 is 0 Å². The largest absolute Gasteiger partial charge is 0.391 e. The molecule has 1 aromatic rings. The van der Waals surface area contributed by atoms with E-state index in [1.54, 1.807) is 0 Å². The van der Waals surface area contributed by atoms with Crippen molar-refractivity contribution in [1.29, 1.82) is 0 Å². The summed E-state index contributed by atoms with van der Waals surface area (Å²) in [5.74, 6) is 0.925. The molecule has 0 saturated carbocycles. The maximum atomic E-state index is 9.82. The van der Waals surface area contributed by atoms with Crippen molar-refractivity contribution in [2.75, 3.05) is 32.7 Å². The zero-order valence-corrected chi connectivity index (χ0v) is 16.2. The molecule has 0 aliphatic carbocycles. The van der Waals surface area contributed by atoms with Gasteiger partial charge in [-0.1, -0.05) is 37.1 Å². The lowest BCUT2D eigenvalue weighted by Gasteiger charge is -2.22. The van der Waals surface area contributed by atoms with Crippen molar-refractivity contribution in [1.82, 2.24) is 15.1 Å². The second kappa shape index (κ2) is 9.93. The fraction of sp³-hybridized carbons (Fsp3) is 0.667. The van der Waals surface area contributed by atoms with Gasteiger partial charge in [-0.05, 0) is 50.4 Å². The van der Waals surface area contributed by atoms with Gasteiger partial charge in [-0.3, -0.25) is 4.90 Å². The molecule has 2 aliphatic rings. The first kappa shape index (κ1) is 19.2. The Balaban J connectivity index is 1.67. The highest BCUT2D eigenvalue weighted by molar-refractivity contribution is 5.80. The first-order valence-corrected chi connectivity index (χ1v) is 10.3. The molecule has 2 aliphatic heterocycles. The van der Waals surface area contributed by atoms with E-state index in [2.05, 4.69) is 46.3 Å². The van der Waals surface area contributed by atoms with Crippen LogP contribution < -0.4 is 5.32 Å². The van der Waals surface area contributed by atoms with Crippen molar-refractivity contribution >= 4 is 5.96 Å². The maximum absolute atomic E-state index is 9.82. The van der Waals surface area contributed by atoms with E-state index in [-0.39, 0.29) is 6.10 Å². The average Bonchev–Trinajstić information content (AvgIpc) is 2.91. The predicted molar refractivity (Wildman–Crippen MR) is 107 cm³/mol. The van der Waals surface area contributed by atoms with Gasteiger partial charge >= 0.3 is 0 Å². The number of aliphatic hydroxyl groups is 1. The molecule has 2 saturated heterocycles. The molecule has 0 spiro atoms. The van der Waals surface area contributed by atoms with Gasteiger partial charge in [0.1, 0.15) is 0 Å². The number of hydrogen-bond donors (Lipinski definition) is 2. The maximum Gasteiger partial charge on any atom is 0.194 e. The van der Waals surface area contributed by atoms with Gasteiger partial charge < -0.3 is 15.3 Å². The van der Waals surface area contributed by atoms with Gasteiger partial charge in [0.2, 0.25) is 0 Å². The third-order valence-corrected chi connectivity index (χ3v) is 5.41. The van der Waals surface area contributed by atoms with E-state index < -0.39 is 0 Å². The van der Waals surface area contributed by atoms with E-state index in [1.165, 1.54) is 49.9 Å². The molecule has 0 unspecified atom stereocenters. The number of hydrogen-bond acceptors (Lipinski definition) is 3. The zero-order valence-electron chi connectivity index (χ0n) is 16.2. The number of nitrogens with one attached hydrogen (secondary N) is 1. The van der Waals surface area contributed by atoms with Crippen molar-refractivity contribution in [3.63, 3.8) is 0 Å². The molecule has 2 fully saturated rings. The summed E-state index contributed by atoms with van der Waals surface area (Å²) in [5, 5.41) is 13.2. The molecule has 1 atom stereocenters. The summed E-state index contributed by atoms with van der Waals surface area (Å²) < 4.78 is 0. The van der Waals surface area contributed by atoms with Crippen molar-refractivity contribution in [3.05, 3.63) is 35.4 Å². The number of guanidine groups is 1. The van der Waals surface area contributed by atoms with Crippen LogP contribution in [0.4, 0.5) is 0 Å². The second-order valence-corrected chi connectivity index (χ2v) is 7.52. The van der Waals surface area contributed by atoms with Gasteiger partial charge in [0.25, 0.3) is 0 Å². The fourth-order valence-corrected chi connectivity index (χ4v) is 3.92.